The highest BCUT2D eigenvalue weighted by Crippen LogP contribution is 2.33. The first-order chi connectivity index (χ1) is 10.1. The first-order valence-corrected chi connectivity index (χ1v) is 9.75. The van der Waals surface area contributed by atoms with Gasteiger partial charge in [-0.15, -0.1) is 28.6 Å². The number of benzene rings is 1. The van der Waals surface area contributed by atoms with Crippen LogP contribution in [0.1, 0.15) is 5.56 Å². The van der Waals surface area contributed by atoms with Gasteiger partial charge in [0.05, 0.1) is 19.6 Å². The zero-order chi connectivity index (χ0) is 15.2. The number of thioether (sulfide) groups is 2. The van der Waals surface area contributed by atoms with Gasteiger partial charge in [0.2, 0.25) is 0 Å². The predicted octanol–water partition coefficient (Wildman–Crippen LogP) is 4.10. The van der Waals surface area contributed by atoms with E-state index in [1.807, 2.05) is 12.5 Å². The Morgan fingerprint density at radius 2 is 1.71 bits per heavy atom. The molecule has 1 aromatic carbocycles. The van der Waals surface area contributed by atoms with Crippen LogP contribution in [0.3, 0.4) is 0 Å². The summed E-state index contributed by atoms with van der Waals surface area (Å²) in [4.78, 5) is 10.1. The molecule has 0 aliphatic rings. The fourth-order valence-electron chi connectivity index (χ4n) is 1.38. The summed E-state index contributed by atoms with van der Waals surface area (Å²) < 4.78 is 3.38. The third kappa shape index (κ3) is 4.40. The average molecular weight is 358 g/mol. The molecule has 5 nitrogen and oxygen atoms in total. The summed E-state index contributed by atoms with van der Waals surface area (Å²) in [5.41, 5.74) is 0.847. The van der Waals surface area contributed by atoms with Crippen LogP contribution in [-0.2, 0) is 0 Å². The quantitative estimate of drug-likeness (QED) is 0.350. The van der Waals surface area contributed by atoms with Crippen molar-refractivity contribution in [2.75, 3.05) is 12.5 Å². The summed E-state index contributed by atoms with van der Waals surface area (Å²) in [6.07, 6.45) is 5.68. The Morgan fingerprint density at radius 3 is 2.19 bits per heavy atom. The lowest BCUT2D eigenvalue weighted by atomic mass is 10.2. The molecule has 0 radical (unpaired) electrons. The number of non-ortho nitro benzene ring substituents is 1. The van der Waals surface area contributed by atoms with Gasteiger partial charge in [-0.1, -0.05) is 22.7 Å². The molecule has 0 fully saturated rings. The molecule has 0 bridgehead atoms. The normalized spacial score (nSPS) is 11.0. The summed E-state index contributed by atoms with van der Waals surface area (Å²) >= 11 is 6.65. The minimum absolute atomic E-state index is 0.0683. The Hall–Kier alpha value is -1.16. The lowest BCUT2D eigenvalue weighted by Crippen LogP contribution is -1.88. The Balaban J connectivity index is 2.15. The molecule has 1 aromatic heterocycles. The zero-order valence-corrected chi connectivity index (χ0v) is 14.4. The highest BCUT2D eigenvalue weighted by atomic mass is 32.2. The zero-order valence-electron chi connectivity index (χ0n) is 11.2. The number of nitro benzene ring substituents is 1. The van der Waals surface area contributed by atoms with Crippen LogP contribution in [0, 0.1) is 10.1 Å². The van der Waals surface area contributed by atoms with Crippen LogP contribution < -0.4 is 3.98 Å². The lowest BCUT2D eigenvalue weighted by Gasteiger charge is -1.91. The van der Waals surface area contributed by atoms with Gasteiger partial charge in [0.1, 0.15) is 0 Å². The van der Waals surface area contributed by atoms with Crippen molar-refractivity contribution >= 4 is 58.1 Å². The van der Waals surface area contributed by atoms with Gasteiger partial charge >= 0.3 is 0 Å². The van der Waals surface area contributed by atoms with Crippen LogP contribution in [0.5, 0.6) is 0 Å². The molecule has 0 N–H and O–H groups in total. The summed E-state index contributed by atoms with van der Waals surface area (Å²) in [7, 11) is 0. The van der Waals surface area contributed by atoms with E-state index in [-0.39, 0.29) is 5.69 Å². The SMILES string of the molecule is CSc1sc(=N/N=C/c2ccc([N+](=O)[O-])cc2)sc1SC. The minimum atomic E-state index is -0.424. The standard InChI is InChI=1S/C12H11N3O2S4/c1-18-10-11(19-2)21-12(20-10)14-13-7-8-3-5-9(6-4-8)15(16)17/h3-7H,1-2H3/b13-7+. The summed E-state index contributed by atoms with van der Waals surface area (Å²) in [6.45, 7) is 0. The Morgan fingerprint density at radius 1 is 1.14 bits per heavy atom. The molecule has 2 aromatic rings. The van der Waals surface area contributed by atoms with Crippen molar-refractivity contribution in [1.82, 2.24) is 0 Å². The number of hydrogen-bond donors (Lipinski definition) is 0. The third-order valence-corrected chi connectivity index (χ3v) is 7.31. The fraction of sp³-hybridized carbons (Fsp3) is 0.167. The number of hydrogen-bond acceptors (Lipinski definition) is 8. The molecular weight excluding hydrogens is 346 g/mol. The maximum atomic E-state index is 10.6. The van der Waals surface area contributed by atoms with Crippen LogP contribution in [0.15, 0.2) is 42.9 Å². The third-order valence-electron chi connectivity index (χ3n) is 2.35. The largest absolute Gasteiger partial charge is 0.269 e. The van der Waals surface area contributed by atoms with E-state index in [0.29, 0.717) is 0 Å². The van der Waals surface area contributed by atoms with Crippen LogP contribution in [-0.4, -0.2) is 23.6 Å². The topological polar surface area (TPSA) is 67.9 Å². The number of rotatable bonds is 5. The minimum Gasteiger partial charge on any atom is -0.258 e. The van der Waals surface area contributed by atoms with Crippen LogP contribution in [0.2, 0.25) is 0 Å². The molecule has 0 aliphatic carbocycles. The molecule has 21 heavy (non-hydrogen) atoms. The van der Waals surface area contributed by atoms with Gasteiger partial charge in [-0.25, -0.2) is 0 Å². The van der Waals surface area contributed by atoms with Crippen molar-refractivity contribution in [2.45, 2.75) is 8.42 Å². The molecule has 0 aliphatic heterocycles. The van der Waals surface area contributed by atoms with Gasteiger partial charge in [-0.05, 0) is 30.2 Å². The molecule has 0 amide bonds. The highest BCUT2D eigenvalue weighted by molar-refractivity contribution is 8.04. The van der Waals surface area contributed by atoms with E-state index in [0.717, 1.165) is 9.55 Å². The molecule has 0 spiro atoms. The second-order valence-corrected chi connectivity index (χ2v) is 8.05. The second-order valence-electron chi connectivity index (χ2n) is 3.65. The Bertz CT molecular complexity index is 694. The van der Waals surface area contributed by atoms with E-state index < -0.39 is 4.92 Å². The van der Waals surface area contributed by atoms with Crippen LogP contribution >= 0.6 is 46.2 Å². The van der Waals surface area contributed by atoms with E-state index in [4.69, 9.17) is 0 Å². The summed E-state index contributed by atoms with van der Waals surface area (Å²) in [5.74, 6) is 0. The van der Waals surface area contributed by atoms with Gasteiger partial charge in [-0.2, -0.15) is 5.10 Å². The van der Waals surface area contributed by atoms with E-state index in [9.17, 15) is 10.1 Å². The van der Waals surface area contributed by atoms with E-state index in [1.165, 1.54) is 20.6 Å². The van der Waals surface area contributed by atoms with Crippen molar-refractivity contribution in [2.24, 2.45) is 10.2 Å². The van der Waals surface area contributed by atoms with Crippen molar-refractivity contribution in [3.05, 3.63) is 43.9 Å². The maximum Gasteiger partial charge on any atom is 0.269 e. The molecule has 0 saturated carbocycles. The van der Waals surface area contributed by atoms with Crippen molar-refractivity contribution in [3.63, 3.8) is 0 Å². The Labute approximate surface area is 138 Å². The van der Waals surface area contributed by atoms with Crippen molar-refractivity contribution in [3.8, 4) is 0 Å². The second kappa shape index (κ2) is 7.74. The molecule has 9 heteroatoms. The lowest BCUT2D eigenvalue weighted by molar-refractivity contribution is -0.384. The molecule has 2 rings (SSSR count). The molecule has 0 saturated heterocycles. The van der Waals surface area contributed by atoms with Gasteiger partial charge < -0.3 is 0 Å². The molecule has 1 heterocycles. The number of nitrogens with zero attached hydrogens (tertiary/aromatic N) is 3. The molecule has 110 valence electrons. The Kier molecular flexibility index (Phi) is 5.97. The van der Waals surface area contributed by atoms with Gasteiger partial charge in [0, 0.05) is 12.1 Å². The van der Waals surface area contributed by atoms with E-state index in [2.05, 4.69) is 10.2 Å². The molecule has 0 unspecified atom stereocenters. The van der Waals surface area contributed by atoms with Crippen molar-refractivity contribution in [1.29, 1.82) is 0 Å². The smallest absolute Gasteiger partial charge is 0.258 e. The average Bonchev–Trinajstić information content (AvgIpc) is 2.90. The van der Waals surface area contributed by atoms with E-state index in [1.54, 1.807) is 64.5 Å². The van der Waals surface area contributed by atoms with Gasteiger partial charge in [0.15, 0.2) is 3.98 Å². The highest BCUT2D eigenvalue weighted by Gasteiger charge is 2.05. The van der Waals surface area contributed by atoms with Gasteiger partial charge in [-0.3, -0.25) is 10.1 Å². The van der Waals surface area contributed by atoms with Crippen LogP contribution in [0.4, 0.5) is 5.69 Å². The fourth-order valence-corrected chi connectivity index (χ4v) is 5.99. The van der Waals surface area contributed by atoms with Gasteiger partial charge in [0.25, 0.3) is 5.69 Å². The molecular formula is C12H11N3O2S4. The maximum absolute atomic E-state index is 10.6. The summed E-state index contributed by atoms with van der Waals surface area (Å²) in [6, 6.07) is 6.20. The van der Waals surface area contributed by atoms with E-state index >= 15 is 0 Å². The van der Waals surface area contributed by atoms with Crippen molar-refractivity contribution < 1.29 is 4.92 Å². The first kappa shape index (κ1) is 16.2. The van der Waals surface area contributed by atoms with Crippen LogP contribution in [0.25, 0.3) is 0 Å². The summed E-state index contributed by atoms with van der Waals surface area (Å²) in [5, 5.41) is 18.8. The monoisotopic (exact) mass is 357 g/mol. The first-order valence-electron chi connectivity index (χ1n) is 5.67. The molecule has 0 atom stereocenters. The number of nitro groups is 1. The predicted molar refractivity (Wildman–Crippen MR) is 92.0 cm³/mol.